The first-order valence-electron chi connectivity index (χ1n) is 9.28. The standard InChI is InChI=1S/C24H14ClFN2O2/c25-19-11-5-10-18-16-8-2-4-13-21(16)27(24(18)19)20-12-3-1-7-15(20)17-9-6-14-22(23(17)26)28(29)30/h1-14H. The molecule has 6 heteroatoms. The van der Waals surface area contributed by atoms with Crippen molar-refractivity contribution in [2.24, 2.45) is 0 Å². The zero-order chi connectivity index (χ0) is 20.8. The third-order valence-corrected chi connectivity index (χ3v) is 5.56. The minimum absolute atomic E-state index is 0.165. The van der Waals surface area contributed by atoms with E-state index in [9.17, 15) is 10.1 Å². The minimum atomic E-state index is -0.859. The molecule has 0 radical (unpaired) electrons. The number of hydrogen-bond donors (Lipinski definition) is 0. The highest BCUT2D eigenvalue weighted by atomic mass is 35.5. The number of fused-ring (bicyclic) bond motifs is 3. The molecule has 1 aromatic heterocycles. The van der Waals surface area contributed by atoms with Gasteiger partial charge in [-0.2, -0.15) is 4.39 Å². The number of nitro benzene ring substituents is 1. The van der Waals surface area contributed by atoms with Gasteiger partial charge in [0.25, 0.3) is 0 Å². The fourth-order valence-corrected chi connectivity index (χ4v) is 4.25. The third kappa shape index (κ3) is 2.67. The van der Waals surface area contributed by atoms with Crippen LogP contribution < -0.4 is 0 Å². The van der Waals surface area contributed by atoms with E-state index in [1.807, 2.05) is 59.2 Å². The Morgan fingerprint density at radius 3 is 2.30 bits per heavy atom. The molecule has 0 N–H and O–H groups in total. The molecule has 5 aromatic rings. The van der Waals surface area contributed by atoms with Gasteiger partial charge in [-0.15, -0.1) is 0 Å². The molecular formula is C24H14ClFN2O2. The first-order chi connectivity index (χ1) is 14.6. The van der Waals surface area contributed by atoms with Crippen LogP contribution in [-0.4, -0.2) is 9.49 Å². The van der Waals surface area contributed by atoms with Gasteiger partial charge in [0.15, 0.2) is 0 Å². The van der Waals surface area contributed by atoms with Crippen molar-refractivity contribution in [2.45, 2.75) is 0 Å². The number of aromatic nitrogens is 1. The summed E-state index contributed by atoms with van der Waals surface area (Å²) < 4.78 is 17.0. The Kier molecular flexibility index (Phi) is 4.26. The Bertz CT molecular complexity index is 1460. The van der Waals surface area contributed by atoms with E-state index in [4.69, 9.17) is 11.6 Å². The first kappa shape index (κ1) is 18.3. The summed E-state index contributed by atoms with van der Waals surface area (Å²) in [7, 11) is 0. The molecule has 5 rings (SSSR count). The number of halogens is 2. The van der Waals surface area contributed by atoms with E-state index < -0.39 is 16.4 Å². The highest BCUT2D eigenvalue weighted by Gasteiger charge is 2.22. The Labute approximate surface area is 175 Å². The summed E-state index contributed by atoms with van der Waals surface area (Å²) in [5, 5.41) is 13.8. The van der Waals surface area contributed by atoms with Crippen LogP contribution in [0.3, 0.4) is 0 Å². The van der Waals surface area contributed by atoms with Gasteiger partial charge in [-0.05, 0) is 18.2 Å². The maximum absolute atomic E-state index is 15.1. The first-order valence-corrected chi connectivity index (χ1v) is 9.66. The van der Waals surface area contributed by atoms with E-state index in [1.54, 1.807) is 18.2 Å². The largest absolute Gasteiger partial charge is 0.307 e. The van der Waals surface area contributed by atoms with Crippen LogP contribution in [-0.2, 0) is 0 Å². The smallest absolute Gasteiger partial charge is 0.305 e. The fourth-order valence-electron chi connectivity index (χ4n) is 3.99. The van der Waals surface area contributed by atoms with Gasteiger partial charge in [0.2, 0.25) is 5.82 Å². The monoisotopic (exact) mass is 416 g/mol. The SMILES string of the molecule is O=[N+]([O-])c1cccc(-c2ccccc2-n2c3ccccc3c3cccc(Cl)c32)c1F. The molecule has 0 aliphatic rings. The number of para-hydroxylation sites is 3. The second kappa shape index (κ2) is 6.97. The number of hydrogen-bond acceptors (Lipinski definition) is 2. The van der Waals surface area contributed by atoms with Crippen molar-refractivity contribution in [1.82, 2.24) is 4.57 Å². The van der Waals surface area contributed by atoms with Crippen LogP contribution in [0, 0.1) is 15.9 Å². The molecule has 0 aliphatic carbocycles. The topological polar surface area (TPSA) is 48.1 Å². The molecule has 0 spiro atoms. The molecule has 0 bridgehead atoms. The molecule has 4 aromatic carbocycles. The van der Waals surface area contributed by atoms with E-state index in [1.165, 1.54) is 12.1 Å². The van der Waals surface area contributed by atoms with Crippen molar-refractivity contribution < 1.29 is 9.31 Å². The number of benzene rings is 4. The summed E-state index contributed by atoms with van der Waals surface area (Å²) in [6.07, 6.45) is 0. The summed E-state index contributed by atoms with van der Waals surface area (Å²) in [6, 6.07) is 25.1. The average Bonchev–Trinajstić information content (AvgIpc) is 3.09. The molecule has 30 heavy (non-hydrogen) atoms. The van der Waals surface area contributed by atoms with Crippen LogP contribution in [0.25, 0.3) is 38.6 Å². The molecule has 0 unspecified atom stereocenters. The second-order valence-electron chi connectivity index (χ2n) is 6.90. The van der Waals surface area contributed by atoms with Crippen molar-refractivity contribution in [3.8, 4) is 16.8 Å². The lowest BCUT2D eigenvalue weighted by molar-refractivity contribution is -0.387. The fraction of sp³-hybridized carbons (Fsp3) is 0. The lowest BCUT2D eigenvalue weighted by Gasteiger charge is -2.15. The van der Waals surface area contributed by atoms with Crippen molar-refractivity contribution in [3.05, 3.63) is 106 Å². The van der Waals surface area contributed by atoms with Crippen LogP contribution in [0.1, 0.15) is 0 Å². The van der Waals surface area contributed by atoms with E-state index in [2.05, 4.69) is 0 Å². The molecule has 1 heterocycles. The van der Waals surface area contributed by atoms with Gasteiger partial charge in [0, 0.05) is 28.0 Å². The molecule has 4 nitrogen and oxygen atoms in total. The summed E-state index contributed by atoms with van der Waals surface area (Å²) in [5.74, 6) is -0.859. The Morgan fingerprint density at radius 1 is 0.800 bits per heavy atom. The number of nitrogens with zero attached hydrogens (tertiary/aromatic N) is 2. The molecule has 0 atom stereocenters. The molecule has 0 aliphatic heterocycles. The summed E-state index contributed by atoms with van der Waals surface area (Å²) in [4.78, 5) is 10.5. The van der Waals surface area contributed by atoms with Crippen LogP contribution in [0.4, 0.5) is 10.1 Å². The average molecular weight is 417 g/mol. The molecule has 0 fully saturated rings. The highest BCUT2D eigenvalue weighted by molar-refractivity contribution is 6.36. The minimum Gasteiger partial charge on any atom is -0.307 e. The van der Waals surface area contributed by atoms with Gasteiger partial charge in [-0.1, -0.05) is 72.3 Å². The molecule has 0 amide bonds. The lowest BCUT2D eigenvalue weighted by Crippen LogP contribution is -2.00. The lowest BCUT2D eigenvalue weighted by atomic mass is 10.0. The Hall–Kier alpha value is -3.70. The Balaban J connectivity index is 1.91. The van der Waals surface area contributed by atoms with Gasteiger partial charge in [0.1, 0.15) is 0 Å². The van der Waals surface area contributed by atoms with E-state index in [0.29, 0.717) is 16.3 Å². The van der Waals surface area contributed by atoms with E-state index >= 15 is 4.39 Å². The van der Waals surface area contributed by atoms with Gasteiger partial charge in [0.05, 0.1) is 26.7 Å². The zero-order valence-corrected chi connectivity index (χ0v) is 16.3. The van der Waals surface area contributed by atoms with E-state index in [-0.39, 0.29) is 5.56 Å². The van der Waals surface area contributed by atoms with Gasteiger partial charge in [-0.3, -0.25) is 10.1 Å². The predicted octanol–water partition coefficient (Wildman–Crippen LogP) is 7.15. The molecule has 0 saturated heterocycles. The quantitative estimate of drug-likeness (QED) is 0.231. The summed E-state index contributed by atoms with van der Waals surface area (Å²) in [5.41, 5.74) is 2.57. The van der Waals surface area contributed by atoms with E-state index in [0.717, 1.165) is 21.8 Å². The summed E-state index contributed by atoms with van der Waals surface area (Å²) in [6.45, 7) is 0. The predicted molar refractivity (Wildman–Crippen MR) is 118 cm³/mol. The maximum Gasteiger partial charge on any atom is 0.305 e. The normalized spacial score (nSPS) is 11.3. The molecule has 146 valence electrons. The van der Waals surface area contributed by atoms with Crippen molar-refractivity contribution in [2.75, 3.05) is 0 Å². The molecular weight excluding hydrogens is 403 g/mol. The van der Waals surface area contributed by atoms with Gasteiger partial charge in [-0.25, -0.2) is 0 Å². The number of nitro groups is 1. The van der Waals surface area contributed by atoms with Crippen molar-refractivity contribution in [1.29, 1.82) is 0 Å². The number of rotatable bonds is 3. The van der Waals surface area contributed by atoms with Crippen LogP contribution in [0.5, 0.6) is 0 Å². The van der Waals surface area contributed by atoms with Gasteiger partial charge >= 0.3 is 5.69 Å². The van der Waals surface area contributed by atoms with Crippen LogP contribution in [0.2, 0.25) is 5.02 Å². The van der Waals surface area contributed by atoms with Crippen LogP contribution >= 0.6 is 11.6 Å². The summed E-state index contributed by atoms with van der Waals surface area (Å²) >= 11 is 6.60. The third-order valence-electron chi connectivity index (χ3n) is 5.26. The van der Waals surface area contributed by atoms with Gasteiger partial charge < -0.3 is 4.57 Å². The molecule has 0 saturated carbocycles. The van der Waals surface area contributed by atoms with Crippen molar-refractivity contribution >= 4 is 39.1 Å². The van der Waals surface area contributed by atoms with Crippen LogP contribution in [0.15, 0.2) is 84.9 Å². The Morgan fingerprint density at radius 2 is 1.47 bits per heavy atom. The van der Waals surface area contributed by atoms with Crippen molar-refractivity contribution in [3.63, 3.8) is 0 Å². The zero-order valence-electron chi connectivity index (χ0n) is 15.5. The second-order valence-corrected chi connectivity index (χ2v) is 7.31. The maximum atomic E-state index is 15.1. The highest BCUT2D eigenvalue weighted by Crippen LogP contribution is 2.40.